The molecule has 0 radical (unpaired) electrons. The van der Waals surface area contributed by atoms with E-state index in [1.54, 1.807) is 23.1 Å². The molecule has 2 aromatic carbocycles. The van der Waals surface area contributed by atoms with Gasteiger partial charge in [-0.15, -0.1) is 0 Å². The van der Waals surface area contributed by atoms with Crippen molar-refractivity contribution < 1.29 is 23.9 Å². The second kappa shape index (κ2) is 6.03. The number of hydrogen-bond acceptors (Lipinski definition) is 5. The normalized spacial score (nSPS) is 29.5. The van der Waals surface area contributed by atoms with Crippen LogP contribution in [0.2, 0.25) is 0 Å². The standard InChI is InChI=1S/C23H18N2O5/c26-19-16-13-30-21-15(9-6-12-29-21)23(16)22(28)24(14-7-2-1-3-8-14)17-10-4-5-11-18(17)25(23)20(19)27/h1-5,7-8,10-11,13,15,21H,6,9,12H2. The van der Waals surface area contributed by atoms with Crippen LogP contribution in [0.4, 0.5) is 17.1 Å². The highest BCUT2D eigenvalue weighted by molar-refractivity contribution is 6.55. The van der Waals surface area contributed by atoms with E-state index in [1.807, 2.05) is 36.4 Å². The fourth-order valence-electron chi connectivity index (χ4n) is 5.23. The number of para-hydroxylation sites is 3. The van der Waals surface area contributed by atoms with Gasteiger partial charge in [-0.1, -0.05) is 30.3 Å². The minimum absolute atomic E-state index is 0.0969. The quantitative estimate of drug-likeness (QED) is 0.686. The van der Waals surface area contributed by atoms with E-state index in [0.717, 1.165) is 6.42 Å². The molecule has 0 aromatic heterocycles. The number of fused-ring (bicyclic) bond motifs is 3. The highest BCUT2D eigenvalue weighted by Crippen LogP contribution is 2.56. The van der Waals surface area contributed by atoms with E-state index >= 15 is 0 Å². The number of ketones is 1. The van der Waals surface area contributed by atoms with Gasteiger partial charge in [0.2, 0.25) is 6.29 Å². The predicted octanol–water partition coefficient (Wildman–Crippen LogP) is 2.69. The minimum Gasteiger partial charge on any atom is -0.472 e. The van der Waals surface area contributed by atoms with E-state index in [2.05, 4.69) is 0 Å². The maximum absolute atomic E-state index is 14.3. The molecule has 3 atom stereocenters. The number of rotatable bonds is 1. The zero-order valence-electron chi connectivity index (χ0n) is 16.0. The monoisotopic (exact) mass is 402 g/mol. The van der Waals surface area contributed by atoms with Crippen molar-refractivity contribution in [1.29, 1.82) is 0 Å². The van der Waals surface area contributed by atoms with Crippen molar-refractivity contribution in [2.75, 3.05) is 16.4 Å². The van der Waals surface area contributed by atoms with Crippen LogP contribution >= 0.6 is 0 Å². The third-order valence-corrected chi connectivity index (χ3v) is 6.44. The molecule has 7 nitrogen and oxygen atoms in total. The van der Waals surface area contributed by atoms with Gasteiger partial charge in [-0.3, -0.25) is 24.2 Å². The van der Waals surface area contributed by atoms with Gasteiger partial charge in [-0.25, -0.2) is 0 Å². The molecule has 4 heterocycles. The smallest absolute Gasteiger partial charge is 0.300 e. The second-order valence-electron chi connectivity index (χ2n) is 7.86. The topological polar surface area (TPSA) is 76.2 Å². The molecule has 4 aliphatic heterocycles. The van der Waals surface area contributed by atoms with Gasteiger partial charge in [-0.05, 0) is 37.1 Å². The number of nitrogens with zero attached hydrogens (tertiary/aromatic N) is 2. The number of Topliss-reactive ketones (excluding diaryl/α,β-unsaturated/α-hetero) is 1. The van der Waals surface area contributed by atoms with E-state index in [0.29, 0.717) is 30.1 Å². The zero-order chi connectivity index (χ0) is 20.5. The average molecular weight is 402 g/mol. The highest BCUT2D eigenvalue weighted by Gasteiger charge is 2.71. The Bertz CT molecular complexity index is 1130. The van der Waals surface area contributed by atoms with Crippen molar-refractivity contribution in [2.45, 2.75) is 24.7 Å². The summed E-state index contributed by atoms with van der Waals surface area (Å²) in [6.07, 6.45) is 1.91. The summed E-state index contributed by atoms with van der Waals surface area (Å²) in [6, 6.07) is 16.5. The number of ether oxygens (including phenoxy) is 2. The summed E-state index contributed by atoms with van der Waals surface area (Å²) in [4.78, 5) is 43.5. The van der Waals surface area contributed by atoms with Crippen molar-refractivity contribution in [2.24, 2.45) is 5.92 Å². The molecule has 6 rings (SSSR count). The molecule has 7 heteroatoms. The maximum atomic E-state index is 14.3. The first-order valence-corrected chi connectivity index (χ1v) is 10.0. The van der Waals surface area contributed by atoms with Gasteiger partial charge in [-0.2, -0.15) is 0 Å². The van der Waals surface area contributed by atoms with Gasteiger partial charge in [0, 0.05) is 5.69 Å². The molecule has 0 saturated carbocycles. The molecule has 3 unspecified atom stereocenters. The Morgan fingerprint density at radius 3 is 2.47 bits per heavy atom. The Kier molecular flexibility index (Phi) is 3.50. The molecule has 0 N–H and O–H groups in total. The molecular formula is C23H18N2O5. The average Bonchev–Trinajstić information content (AvgIpc) is 3.03. The number of carbonyl (C=O) groups is 3. The third-order valence-electron chi connectivity index (χ3n) is 6.44. The lowest BCUT2D eigenvalue weighted by molar-refractivity contribution is -0.187. The largest absolute Gasteiger partial charge is 0.472 e. The number of carbonyl (C=O) groups excluding carboxylic acids is 3. The van der Waals surface area contributed by atoms with E-state index in [-0.39, 0.29) is 11.5 Å². The first kappa shape index (κ1) is 17.4. The van der Waals surface area contributed by atoms with E-state index in [9.17, 15) is 14.4 Å². The van der Waals surface area contributed by atoms with Gasteiger partial charge in [0.05, 0.1) is 35.7 Å². The summed E-state index contributed by atoms with van der Waals surface area (Å²) in [5.74, 6) is -2.21. The van der Waals surface area contributed by atoms with Crippen LogP contribution in [-0.2, 0) is 23.9 Å². The molecule has 4 aliphatic rings. The molecule has 0 aliphatic carbocycles. The van der Waals surface area contributed by atoms with E-state index in [1.165, 1.54) is 11.2 Å². The first-order valence-electron chi connectivity index (χ1n) is 10.0. The van der Waals surface area contributed by atoms with Crippen LogP contribution in [0.5, 0.6) is 0 Å². The Hall–Kier alpha value is -3.45. The predicted molar refractivity (Wildman–Crippen MR) is 107 cm³/mol. The molecule has 30 heavy (non-hydrogen) atoms. The summed E-state index contributed by atoms with van der Waals surface area (Å²) in [5, 5.41) is 0. The van der Waals surface area contributed by atoms with Crippen LogP contribution in [0.1, 0.15) is 12.8 Å². The second-order valence-corrected chi connectivity index (χ2v) is 7.86. The third kappa shape index (κ3) is 1.95. The lowest BCUT2D eigenvalue weighted by Gasteiger charge is -2.53. The molecule has 150 valence electrons. The molecule has 1 spiro atoms. The molecule has 2 fully saturated rings. The molecule has 2 aromatic rings. The summed E-state index contributed by atoms with van der Waals surface area (Å²) >= 11 is 0. The molecule has 0 bridgehead atoms. The van der Waals surface area contributed by atoms with Crippen molar-refractivity contribution in [3.05, 3.63) is 66.4 Å². The van der Waals surface area contributed by atoms with Gasteiger partial charge < -0.3 is 9.47 Å². The Morgan fingerprint density at radius 2 is 1.67 bits per heavy atom. The lowest BCUT2D eigenvalue weighted by atomic mass is 9.71. The lowest BCUT2D eigenvalue weighted by Crippen LogP contribution is -2.68. The van der Waals surface area contributed by atoms with Gasteiger partial charge >= 0.3 is 5.91 Å². The SMILES string of the molecule is O=C1C(=O)N2c3ccccc3N(c3ccccc3)C(=O)C23C1=COC1OCCCC13. The van der Waals surface area contributed by atoms with Crippen molar-refractivity contribution in [3.8, 4) is 0 Å². The summed E-state index contributed by atoms with van der Waals surface area (Å²) in [7, 11) is 0. The van der Waals surface area contributed by atoms with Crippen LogP contribution in [0, 0.1) is 5.92 Å². The Labute approximate surface area is 172 Å². The fraction of sp³-hybridized carbons (Fsp3) is 0.261. The van der Waals surface area contributed by atoms with Crippen LogP contribution in [0.15, 0.2) is 66.4 Å². The van der Waals surface area contributed by atoms with Gasteiger partial charge in [0.15, 0.2) is 5.54 Å². The van der Waals surface area contributed by atoms with Crippen molar-refractivity contribution in [1.82, 2.24) is 0 Å². The number of anilines is 3. The van der Waals surface area contributed by atoms with E-state index < -0.39 is 29.4 Å². The number of hydrogen-bond donors (Lipinski definition) is 0. The summed E-state index contributed by atoms with van der Waals surface area (Å²) in [6.45, 7) is 0.509. The van der Waals surface area contributed by atoms with Crippen molar-refractivity contribution in [3.63, 3.8) is 0 Å². The summed E-state index contributed by atoms with van der Waals surface area (Å²) in [5.41, 5.74) is 0.409. The Morgan fingerprint density at radius 1 is 0.933 bits per heavy atom. The van der Waals surface area contributed by atoms with Crippen LogP contribution in [0.3, 0.4) is 0 Å². The minimum atomic E-state index is -1.47. The molecule has 2 saturated heterocycles. The van der Waals surface area contributed by atoms with E-state index in [4.69, 9.17) is 9.47 Å². The molecule has 2 amide bonds. The Balaban J connectivity index is 1.68. The highest BCUT2D eigenvalue weighted by atomic mass is 16.7. The number of benzene rings is 2. The van der Waals surface area contributed by atoms with Gasteiger partial charge in [0.25, 0.3) is 11.7 Å². The molecular weight excluding hydrogens is 384 g/mol. The zero-order valence-corrected chi connectivity index (χ0v) is 16.0. The van der Waals surface area contributed by atoms with Crippen molar-refractivity contribution >= 4 is 34.7 Å². The van der Waals surface area contributed by atoms with Crippen LogP contribution in [0.25, 0.3) is 0 Å². The first-order chi connectivity index (χ1) is 14.7. The van der Waals surface area contributed by atoms with Gasteiger partial charge in [0.1, 0.15) is 0 Å². The van der Waals surface area contributed by atoms with Crippen LogP contribution in [-0.4, -0.2) is 36.0 Å². The number of amides is 2. The fourth-order valence-corrected chi connectivity index (χ4v) is 5.23. The van der Waals surface area contributed by atoms with Crippen LogP contribution < -0.4 is 9.80 Å². The summed E-state index contributed by atoms with van der Waals surface area (Å²) < 4.78 is 11.5. The maximum Gasteiger partial charge on any atom is 0.300 e.